The van der Waals surface area contributed by atoms with E-state index >= 15 is 0 Å². The molecule has 0 spiro atoms. The number of ether oxygens (including phenoxy) is 1. The molecule has 1 unspecified atom stereocenters. The molecule has 0 radical (unpaired) electrons. The lowest BCUT2D eigenvalue weighted by molar-refractivity contribution is -0.116. The van der Waals surface area contributed by atoms with Crippen LogP contribution in [-0.2, 0) is 4.79 Å². The molecule has 112 valence electrons. The minimum atomic E-state index is -0.278. The van der Waals surface area contributed by atoms with Gasteiger partial charge in [0.1, 0.15) is 11.8 Å². The van der Waals surface area contributed by atoms with E-state index in [4.69, 9.17) is 4.74 Å². The van der Waals surface area contributed by atoms with E-state index in [1.165, 1.54) is 0 Å². The van der Waals surface area contributed by atoms with Gasteiger partial charge in [0.2, 0.25) is 5.95 Å². The smallest absolute Gasteiger partial charge is 0.248 e. The van der Waals surface area contributed by atoms with Crippen LogP contribution in [0.5, 0.6) is 5.75 Å². The molecule has 0 amide bonds. The van der Waals surface area contributed by atoms with Crippen molar-refractivity contribution < 1.29 is 9.53 Å². The molecule has 1 aliphatic heterocycles. The van der Waals surface area contributed by atoms with Gasteiger partial charge in [-0.15, -0.1) is 0 Å². The number of tetrazole rings is 1. The number of carbonyl (C=O) groups excluding carboxylic acids is 1. The molecular weight excluding hydrogens is 282 g/mol. The van der Waals surface area contributed by atoms with E-state index in [1.807, 2.05) is 24.3 Å². The van der Waals surface area contributed by atoms with Crippen LogP contribution in [0.2, 0.25) is 0 Å². The molecule has 0 fully saturated rings. The number of Topliss-reactive ketones (excluding diaryl/α,β-unsaturated/α-hetero) is 1. The predicted octanol–water partition coefficient (Wildman–Crippen LogP) is 1.70. The van der Waals surface area contributed by atoms with Gasteiger partial charge in [-0.3, -0.25) is 4.79 Å². The maximum Gasteiger partial charge on any atom is 0.248 e. The summed E-state index contributed by atoms with van der Waals surface area (Å²) in [6.45, 7) is 0. The second-order valence-corrected chi connectivity index (χ2v) is 5.42. The van der Waals surface area contributed by atoms with Crippen molar-refractivity contribution in [1.29, 1.82) is 0 Å². The molecule has 2 aromatic rings. The van der Waals surface area contributed by atoms with Gasteiger partial charge in [0.05, 0.1) is 7.11 Å². The van der Waals surface area contributed by atoms with Gasteiger partial charge in [-0.2, -0.15) is 4.68 Å². The van der Waals surface area contributed by atoms with Gasteiger partial charge in [-0.05, 0) is 41.0 Å². The average Bonchev–Trinajstić information content (AvgIpc) is 3.01. The van der Waals surface area contributed by atoms with E-state index in [9.17, 15) is 4.79 Å². The standard InChI is InChI=1S/C15H15N5O2/c1-22-10-7-5-9(6-8-10)14-13-11(3-2-4-12(13)21)16-15-17-18-19-20(14)15/h5-8,14H,2-4H2,1H3,(H,16,17,19). The highest BCUT2D eigenvalue weighted by Crippen LogP contribution is 2.39. The molecule has 0 saturated carbocycles. The second kappa shape index (κ2) is 4.94. The summed E-state index contributed by atoms with van der Waals surface area (Å²) in [6.07, 6.45) is 2.28. The van der Waals surface area contributed by atoms with E-state index in [-0.39, 0.29) is 11.8 Å². The number of fused-ring (bicyclic) bond motifs is 1. The normalized spacial score (nSPS) is 20.2. The summed E-state index contributed by atoms with van der Waals surface area (Å²) in [5, 5.41) is 15.0. The van der Waals surface area contributed by atoms with Crippen molar-refractivity contribution in [3.63, 3.8) is 0 Å². The summed E-state index contributed by atoms with van der Waals surface area (Å²) in [4.78, 5) is 12.5. The topological polar surface area (TPSA) is 81.9 Å². The van der Waals surface area contributed by atoms with Crippen molar-refractivity contribution in [2.24, 2.45) is 0 Å². The molecule has 2 heterocycles. The minimum absolute atomic E-state index is 0.163. The van der Waals surface area contributed by atoms with Crippen LogP contribution in [0.3, 0.4) is 0 Å². The highest BCUT2D eigenvalue weighted by molar-refractivity contribution is 5.99. The van der Waals surface area contributed by atoms with E-state index in [0.29, 0.717) is 12.4 Å². The first-order valence-electron chi connectivity index (χ1n) is 7.23. The highest BCUT2D eigenvalue weighted by atomic mass is 16.5. The van der Waals surface area contributed by atoms with Gasteiger partial charge in [0, 0.05) is 17.7 Å². The van der Waals surface area contributed by atoms with Crippen molar-refractivity contribution in [3.8, 4) is 5.75 Å². The van der Waals surface area contributed by atoms with Crippen LogP contribution < -0.4 is 10.1 Å². The number of allylic oxidation sites excluding steroid dienone is 2. The first kappa shape index (κ1) is 13.0. The molecule has 1 atom stereocenters. The van der Waals surface area contributed by atoms with Gasteiger partial charge in [0.25, 0.3) is 0 Å². The van der Waals surface area contributed by atoms with Crippen LogP contribution >= 0.6 is 0 Å². The Morgan fingerprint density at radius 3 is 2.86 bits per heavy atom. The van der Waals surface area contributed by atoms with Gasteiger partial charge in [-0.1, -0.05) is 17.2 Å². The maximum atomic E-state index is 12.5. The lowest BCUT2D eigenvalue weighted by atomic mass is 9.85. The lowest BCUT2D eigenvalue weighted by Crippen LogP contribution is -2.31. The third kappa shape index (κ3) is 1.89. The lowest BCUT2D eigenvalue weighted by Gasteiger charge is -2.31. The van der Waals surface area contributed by atoms with E-state index in [2.05, 4.69) is 20.8 Å². The number of rotatable bonds is 2. The number of hydrogen-bond acceptors (Lipinski definition) is 6. The van der Waals surface area contributed by atoms with Gasteiger partial charge in [-0.25, -0.2) is 0 Å². The Labute approximate surface area is 127 Å². The molecule has 0 saturated heterocycles. The van der Waals surface area contributed by atoms with Crippen LogP contribution in [-0.4, -0.2) is 33.1 Å². The fourth-order valence-corrected chi connectivity index (χ4v) is 3.11. The number of benzene rings is 1. The monoisotopic (exact) mass is 297 g/mol. The second-order valence-electron chi connectivity index (χ2n) is 5.42. The molecule has 22 heavy (non-hydrogen) atoms. The van der Waals surface area contributed by atoms with Crippen LogP contribution in [0, 0.1) is 0 Å². The maximum absolute atomic E-state index is 12.5. The summed E-state index contributed by atoms with van der Waals surface area (Å²) in [7, 11) is 1.63. The molecule has 1 aromatic carbocycles. The molecule has 7 nitrogen and oxygen atoms in total. The summed E-state index contributed by atoms with van der Waals surface area (Å²) < 4.78 is 6.87. The fraction of sp³-hybridized carbons (Fsp3) is 0.333. The molecule has 4 rings (SSSR count). The molecule has 7 heteroatoms. The number of methoxy groups -OCH3 is 1. The summed E-state index contributed by atoms with van der Waals surface area (Å²) >= 11 is 0. The van der Waals surface area contributed by atoms with E-state index < -0.39 is 0 Å². The SMILES string of the molecule is COc1ccc(C2C3=C(CCCC3=O)Nc3nnnn32)cc1. The quantitative estimate of drug-likeness (QED) is 0.908. The number of hydrogen-bond donors (Lipinski definition) is 1. The van der Waals surface area contributed by atoms with Crippen LogP contribution in [0.15, 0.2) is 35.5 Å². The fourth-order valence-electron chi connectivity index (χ4n) is 3.11. The summed E-state index contributed by atoms with van der Waals surface area (Å²) in [6, 6.07) is 7.39. The number of nitrogens with one attached hydrogen (secondary N) is 1. The van der Waals surface area contributed by atoms with Gasteiger partial charge >= 0.3 is 0 Å². The van der Waals surface area contributed by atoms with Crippen LogP contribution in [0.1, 0.15) is 30.9 Å². The minimum Gasteiger partial charge on any atom is -0.497 e. The average molecular weight is 297 g/mol. The molecular formula is C15H15N5O2. The number of carbonyl (C=O) groups is 1. The number of anilines is 1. The Bertz CT molecular complexity index is 762. The van der Waals surface area contributed by atoms with Gasteiger partial charge < -0.3 is 10.1 Å². The Morgan fingerprint density at radius 1 is 1.27 bits per heavy atom. The highest BCUT2D eigenvalue weighted by Gasteiger charge is 2.36. The summed E-state index contributed by atoms with van der Waals surface area (Å²) in [5.74, 6) is 1.52. The van der Waals surface area contributed by atoms with Crippen molar-refractivity contribution in [1.82, 2.24) is 20.2 Å². The van der Waals surface area contributed by atoms with E-state index in [0.717, 1.165) is 35.4 Å². The molecule has 1 aromatic heterocycles. The van der Waals surface area contributed by atoms with Crippen LogP contribution in [0.25, 0.3) is 0 Å². The Kier molecular flexibility index (Phi) is 2.92. The summed E-state index contributed by atoms with van der Waals surface area (Å²) in [5.41, 5.74) is 2.69. The number of nitrogens with zero attached hydrogens (tertiary/aromatic N) is 4. The molecule has 1 aliphatic carbocycles. The first-order valence-corrected chi connectivity index (χ1v) is 7.23. The van der Waals surface area contributed by atoms with Crippen molar-refractivity contribution in [2.45, 2.75) is 25.3 Å². The zero-order valence-corrected chi connectivity index (χ0v) is 12.1. The van der Waals surface area contributed by atoms with Crippen molar-refractivity contribution in [3.05, 3.63) is 41.1 Å². The third-order valence-electron chi connectivity index (χ3n) is 4.16. The van der Waals surface area contributed by atoms with Gasteiger partial charge in [0.15, 0.2) is 5.78 Å². The predicted molar refractivity (Wildman–Crippen MR) is 78.5 cm³/mol. The Morgan fingerprint density at radius 2 is 2.09 bits per heavy atom. The molecule has 0 bridgehead atoms. The number of ketones is 1. The molecule has 1 N–H and O–H groups in total. The largest absolute Gasteiger partial charge is 0.497 e. The zero-order valence-electron chi connectivity index (χ0n) is 12.1. The van der Waals surface area contributed by atoms with Crippen molar-refractivity contribution >= 4 is 11.7 Å². The Balaban J connectivity index is 1.86. The van der Waals surface area contributed by atoms with Crippen LogP contribution in [0.4, 0.5) is 5.95 Å². The Hall–Kier alpha value is -2.70. The third-order valence-corrected chi connectivity index (χ3v) is 4.16. The zero-order chi connectivity index (χ0) is 15.1. The molecule has 2 aliphatic rings. The van der Waals surface area contributed by atoms with Crippen molar-refractivity contribution in [2.75, 3.05) is 12.4 Å². The van der Waals surface area contributed by atoms with E-state index in [1.54, 1.807) is 11.8 Å². The number of aromatic nitrogens is 4. The first-order chi connectivity index (χ1) is 10.8.